The van der Waals surface area contributed by atoms with Crippen molar-refractivity contribution < 1.29 is 4.74 Å². The van der Waals surface area contributed by atoms with E-state index in [1.807, 2.05) is 19.1 Å². The van der Waals surface area contributed by atoms with E-state index < -0.39 is 0 Å². The zero-order chi connectivity index (χ0) is 13.3. The van der Waals surface area contributed by atoms with Gasteiger partial charge in [-0.1, -0.05) is 18.2 Å². The molecule has 0 amide bonds. The van der Waals surface area contributed by atoms with Gasteiger partial charge in [-0.3, -0.25) is 0 Å². The summed E-state index contributed by atoms with van der Waals surface area (Å²) in [6.45, 7) is 6.20. The molecule has 0 aliphatic rings. The van der Waals surface area contributed by atoms with E-state index in [-0.39, 0.29) is 0 Å². The fourth-order valence-electron chi connectivity index (χ4n) is 2.34. The third kappa shape index (κ3) is 2.19. The van der Waals surface area contributed by atoms with Crippen LogP contribution in [0.1, 0.15) is 16.7 Å². The van der Waals surface area contributed by atoms with Crippen molar-refractivity contribution in [2.75, 3.05) is 12.8 Å². The van der Waals surface area contributed by atoms with Crippen LogP contribution < -0.4 is 10.5 Å². The Labute approximate surface area is 108 Å². The summed E-state index contributed by atoms with van der Waals surface area (Å²) in [7, 11) is 1.70. The Hall–Kier alpha value is -1.96. The van der Waals surface area contributed by atoms with Gasteiger partial charge < -0.3 is 10.5 Å². The highest BCUT2D eigenvalue weighted by Crippen LogP contribution is 2.37. The van der Waals surface area contributed by atoms with Crippen molar-refractivity contribution in [2.45, 2.75) is 20.8 Å². The van der Waals surface area contributed by atoms with Crippen molar-refractivity contribution >= 4 is 5.69 Å². The summed E-state index contributed by atoms with van der Waals surface area (Å²) in [5.74, 6) is 0.878. The Bertz CT molecular complexity index is 588. The van der Waals surface area contributed by atoms with Crippen LogP contribution in [0.15, 0.2) is 30.3 Å². The Morgan fingerprint density at radius 1 is 0.944 bits per heavy atom. The van der Waals surface area contributed by atoms with Gasteiger partial charge in [0.25, 0.3) is 0 Å². The molecular formula is C16H19NO. The lowest BCUT2D eigenvalue weighted by molar-refractivity contribution is 0.416. The highest BCUT2D eigenvalue weighted by molar-refractivity contribution is 5.83. The van der Waals surface area contributed by atoms with Crippen LogP contribution in [0.5, 0.6) is 5.75 Å². The second kappa shape index (κ2) is 4.73. The number of nitrogen functional groups attached to an aromatic ring is 1. The van der Waals surface area contributed by atoms with E-state index in [0.29, 0.717) is 0 Å². The van der Waals surface area contributed by atoms with Gasteiger partial charge in [-0.25, -0.2) is 0 Å². The lowest BCUT2D eigenvalue weighted by Gasteiger charge is -2.15. The third-order valence-corrected chi connectivity index (χ3v) is 3.14. The van der Waals surface area contributed by atoms with Gasteiger partial charge in [0.2, 0.25) is 0 Å². The smallest absolute Gasteiger partial charge is 0.127 e. The third-order valence-electron chi connectivity index (χ3n) is 3.14. The van der Waals surface area contributed by atoms with Gasteiger partial charge in [0.1, 0.15) is 5.75 Å². The number of methoxy groups -OCH3 is 1. The normalized spacial score (nSPS) is 10.4. The van der Waals surface area contributed by atoms with E-state index in [0.717, 1.165) is 22.6 Å². The molecule has 0 aliphatic heterocycles. The number of benzene rings is 2. The highest BCUT2D eigenvalue weighted by Gasteiger charge is 2.12. The monoisotopic (exact) mass is 241 g/mol. The molecule has 0 spiro atoms. The molecule has 2 N–H and O–H groups in total. The van der Waals surface area contributed by atoms with Gasteiger partial charge in [-0.2, -0.15) is 0 Å². The first-order valence-electron chi connectivity index (χ1n) is 6.04. The number of ether oxygens (including phenoxy) is 1. The Kier molecular flexibility index (Phi) is 3.28. The van der Waals surface area contributed by atoms with Crippen LogP contribution in [0.2, 0.25) is 0 Å². The zero-order valence-corrected chi connectivity index (χ0v) is 11.4. The zero-order valence-electron chi connectivity index (χ0n) is 11.4. The van der Waals surface area contributed by atoms with Gasteiger partial charge in [0.05, 0.1) is 7.11 Å². The predicted octanol–water partition coefficient (Wildman–Crippen LogP) is 3.87. The maximum Gasteiger partial charge on any atom is 0.127 e. The van der Waals surface area contributed by atoms with Crippen LogP contribution in [0.25, 0.3) is 11.1 Å². The minimum absolute atomic E-state index is 0.792. The van der Waals surface area contributed by atoms with E-state index in [1.54, 1.807) is 7.11 Å². The standard InChI is InChI=1S/C16H19NO/c1-10-5-6-13(14(17)8-10)16-12(3)7-11(2)9-15(16)18-4/h5-9H,17H2,1-4H3. The van der Waals surface area contributed by atoms with Crippen LogP contribution in [-0.4, -0.2) is 7.11 Å². The molecule has 2 rings (SSSR count). The molecule has 0 heterocycles. The van der Waals surface area contributed by atoms with Crippen LogP contribution in [0, 0.1) is 20.8 Å². The van der Waals surface area contributed by atoms with Crippen molar-refractivity contribution in [3.05, 3.63) is 47.0 Å². The van der Waals surface area contributed by atoms with Crippen LogP contribution in [0.3, 0.4) is 0 Å². The summed E-state index contributed by atoms with van der Waals surface area (Å²) in [4.78, 5) is 0. The molecule has 0 atom stereocenters. The highest BCUT2D eigenvalue weighted by atomic mass is 16.5. The van der Waals surface area contributed by atoms with Gasteiger partial charge >= 0.3 is 0 Å². The molecule has 0 aliphatic carbocycles. The fourth-order valence-corrected chi connectivity index (χ4v) is 2.34. The SMILES string of the molecule is COc1cc(C)cc(C)c1-c1ccc(C)cc1N. The predicted molar refractivity (Wildman–Crippen MR) is 77.1 cm³/mol. The summed E-state index contributed by atoms with van der Waals surface area (Å²) in [6.07, 6.45) is 0. The maximum atomic E-state index is 6.13. The number of nitrogens with two attached hydrogens (primary N) is 1. The van der Waals surface area contributed by atoms with E-state index in [9.17, 15) is 0 Å². The topological polar surface area (TPSA) is 35.2 Å². The molecule has 0 saturated carbocycles. The van der Waals surface area contributed by atoms with E-state index in [4.69, 9.17) is 10.5 Å². The Morgan fingerprint density at radius 3 is 2.28 bits per heavy atom. The molecule has 2 aromatic rings. The number of anilines is 1. The fraction of sp³-hybridized carbons (Fsp3) is 0.250. The van der Waals surface area contributed by atoms with Crippen molar-refractivity contribution in [2.24, 2.45) is 0 Å². The van der Waals surface area contributed by atoms with E-state index in [2.05, 4.69) is 32.0 Å². The molecule has 0 aromatic heterocycles. The summed E-state index contributed by atoms with van der Waals surface area (Å²) in [5, 5.41) is 0. The lowest BCUT2D eigenvalue weighted by Crippen LogP contribution is -1.96. The van der Waals surface area contributed by atoms with Gasteiger partial charge in [0, 0.05) is 16.8 Å². The number of hydrogen-bond acceptors (Lipinski definition) is 2. The molecule has 0 fully saturated rings. The molecule has 0 saturated heterocycles. The minimum Gasteiger partial charge on any atom is -0.496 e. The summed E-state index contributed by atoms with van der Waals surface area (Å²) >= 11 is 0. The maximum absolute atomic E-state index is 6.13. The van der Waals surface area contributed by atoms with Crippen molar-refractivity contribution in [1.82, 2.24) is 0 Å². The van der Waals surface area contributed by atoms with Crippen molar-refractivity contribution in [3.63, 3.8) is 0 Å². The number of aryl methyl sites for hydroxylation is 3. The molecule has 0 bridgehead atoms. The van der Waals surface area contributed by atoms with Gasteiger partial charge in [-0.05, 0) is 49.6 Å². The van der Waals surface area contributed by atoms with Crippen LogP contribution in [-0.2, 0) is 0 Å². The molecule has 18 heavy (non-hydrogen) atoms. The molecule has 2 nitrogen and oxygen atoms in total. The second-order valence-corrected chi connectivity index (χ2v) is 4.75. The van der Waals surface area contributed by atoms with E-state index in [1.165, 1.54) is 16.7 Å². The van der Waals surface area contributed by atoms with Gasteiger partial charge in [0.15, 0.2) is 0 Å². The molecule has 0 radical (unpaired) electrons. The second-order valence-electron chi connectivity index (χ2n) is 4.75. The first-order chi connectivity index (χ1) is 8.52. The average Bonchev–Trinajstić information content (AvgIpc) is 2.29. The molecule has 2 heteroatoms. The lowest BCUT2D eigenvalue weighted by atomic mass is 9.95. The average molecular weight is 241 g/mol. The van der Waals surface area contributed by atoms with Crippen molar-refractivity contribution in [1.29, 1.82) is 0 Å². The molecule has 94 valence electrons. The van der Waals surface area contributed by atoms with Crippen LogP contribution in [0.4, 0.5) is 5.69 Å². The molecule has 2 aromatic carbocycles. The Balaban J connectivity index is 2.70. The quantitative estimate of drug-likeness (QED) is 0.810. The summed E-state index contributed by atoms with van der Waals surface area (Å²) in [5.41, 5.74) is 12.6. The minimum atomic E-state index is 0.792. The Morgan fingerprint density at radius 2 is 1.67 bits per heavy atom. The number of rotatable bonds is 2. The summed E-state index contributed by atoms with van der Waals surface area (Å²) < 4.78 is 5.49. The molecular weight excluding hydrogens is 222 g/mol. The number of hydrogen-bond donors (Lipinski definition) is 1. The summed E-state index contributed by atoms with van der Waals surface area (Å²) in [6, 6.07) is 10.3. The van der Waals surface area contributed by atoms with Gasteiger partial charge in [-0.15, -0.1) is 0 Å². The molecule has 0 unspecified atom stereocenters. The van der Waals surface area contributed by atoms with Crippen LogP contribution >= 0.6 is 0 Å². The first-order valence-corrected chi connectivity index (χ1v) is 6.04. The van der Waals surface area contributed by atoms with E-state index >= 15 is 0 Å². The van der Waals surface area contributed by atoms with Crippen molar-refractivity contribution in [3.8, 4) is 16.9 Å². The largest absolute Gasteiger partial charge is 0.496 e. The first kappa shape index (κ1) is 12.5.